The lowest BCUT2D eigenvalue weighted by molar-refractivity contribution is -0.366. The zero-order valence-corrected chi connectivity index (χ0v) is 40.1. The van der Waals surface area contributed by atoms with Gasteiger partial charge in [0.2, 0.25) is 0 Å². The van der Waals surface area contributed by atoms with E-state index in [-0.39, 0.29) is 12.8 Å². The molecule has 0 bridgehead atoms. The second-order valence-electron chi connectivity index (χ2n) is 15.5. The lowest BCUT2D eigenvalue weighted by Gasteiger charge is -2.47. The molecule has 6 unspecified atom stereocenters. The summed E-state index contributed by atoms with van der Waals surface area (Å²) in [5.74, 6) is 5.96. The Kier molecular flexibility index (Phi) is 32.3. The van der Waals surface area contributed by atoms with Gasteiger partial charge in [-0.05, 0) is 48.2 Å². The van der Waals surface area contributed by atoms with E-state index in [2.05, 4.69) is 25.3 Å². The number of carbonyl (C=O) groups excluding carboxylic acids is 2. The van der Waals surface area contributed by atoms with E-state index in [9.17, 15) is 51.1 Å². The van der Waals surface area contributed by atoms with Crippen LogP contribution < -0.4 is 0 Å². The fraction of sp³-hybridized carbons (Fsp3) is 0.974. The molecule has 4 aliphatic rings. The summed E-state index contributed by atoms with van der Waals surface area (Å²) in [4.78, 5) is 27.0. The van der Waals surface area contributed by atoms with Crippen LogP contribution in [0.4, 0.5) is 0 Å². The van der Waals surface area contributed by atoms with Gasteiger partial charge in [-0.15, -0.1) is 0 Å². The van der Waals surface area contributed by atoms with Gasteiger partial charge < -0.3 is 74.7 Å². The van der Waals surface area contributed by atoms with E-state index in [1.807, 2.05) is 11.8 Å². The monoisotopic (exact) mass is 1000 g/mol. The van der Waals surface area contributed by atoms with Gasteiger partial charge in [-0.25, -0.2) is 0 Å². The molecular weight excluding hydrogens is 929 g/mol. The molecule has 10 N–H and O–H groups in total. The van der Waals surface area contributed by atoms with Crippen LogP contribution in [0.25, 0.3) is 0 Å². The zero-order valence-electron chi connectivity index (χ0n) is 36.6. The van der Waals surface area contributed by atoms with Crippen molar-refractivity contribution >= 4 is 54.9 Å². The maximum atomic E-state index is 10.9. The number of aliphatic hydroxyl groups is 10. The molecule has 0 amide bonds. The molecule has 21 nitrogen and oxygen atoms in total. The van der Waals surface area contributed by atoms with Gasteiger partial charge >= 0.3 is 6.15 Å². The third-order valence-electron chi connectivity index (χ3n) is 11.2. The Labute approximate surface area is 395 Å². The zero-order chi connectivity index (χ0) is 47.6. The average molecular weight is 1000 g/mol. The smallest absolute Gasteiger partial charge is 0.373 e. The SMILES string of the molecule is CON(CCCSCCS)[C@@H]1OC(CO)[C@@H](O[C@@H]2OC(CO)[C@H](O)[C@H](O)C2O)[C@H](O)C1O.CON(CCCSCCS)[C@@H]1OC(CO)[C@H](O)[C@H](OCCC2CCCCC2)C1O.O=C=O. The van der Waals surface area contributed by atoms with Gasteiger partial charge in [0.1, 0.15) is 73.2 Å². The maximum Gasteiger partial charge on any atom is 0.373 e. The van der Waals surface area contributed by atoms with E-state index in [0.29, 0.717) is 32.0 Å². The first-order valence-corrected chi connectivity index (χ1v) is 25.2. The van der Waals surface area contributed by atoms with Crippen LogP contribution in [-0.2, 0) is 42.9 Å². The summed E-state index contributed by atoms with van der Waals surface area (Å²) in [6.07, 6.45) is -9.90. The molecule has 0 radical (unpaired) electrons. The van der Waals surface area contributed by atoms with Gasteiger partial charge in [-0.2, -0.15) is 68.5 Å². The van der Waals surface area contributed by atoms with Crippen LogP contribution in [0.3, 0.4) is 0 Å². The summed E-state index contributed by atoms with van der Waals surface area (Å²) < 4.78 is 28.3. The second kappa shape index (κ2) is 34.3. The fourth-order valence-corrected chi connectivity index (χ4v) is 9.89. The molecule has 25 heteroatoms. The average Bonchev–Trinajstić information content (AvgIpc) is 3.30. The minimum atomic E-state index is -1.71. The van der Waals surface area contributed by atoms with Crippen molar-refractivity contribution in [2.75, 3.05) is 88.3 Å². The number of thiol groups is 2. The highest BCUT2D eigenvalue weighted by atomic mass is 32.2. The summed E-state index contributed by atoms with van der Waals surface area (Å²) in [6.45, 7) is -0.152. The van der Waals surface area contributed by atoms with Crippen molar-refractivity contribution in [1.29, 1.82) is 0 Å². The van der Waals surface area contributed by atoms with E-state index in [1.54, 1.807) is 16.8 Å². The van der Waals surface area contributed by atoms with Gasteiger partial charge in [-0.3, -0.25) is 9.68 Å². The van der Waals surface area contributed by atoms with E-state index in [4.69, 9.17) is 42.9 Å². The Morgan fingerprint density at radius 1 is 0.609 bits per heavy atom. The lowest BCUT2D eigenvalue weighted by atomic mass is 9.87. The van der Waals surface area contributed by atoms with E-state index in [0.717, 1.165) is 47.4 Å². The molecule has 64 heavy (non-hydrogen) atoms. The van der Waals surface area contributed by atoms with Crippen molar-refractivity contribution in [3.8, 4) is 0 Å². The molecular formula is C39H74N2O19S4. The van der Waals surface area contributed by atoms with Crippen LogP contribution in [0.1, 0.15) is 51.4 Å². The fourth-order valence-electron chi connectivity index (χ4n) is 7.78. The van der Waals surface area contributed by atoms with Crippen LogP contribution in [0, 0.1) is 5.92 Å². The van der Waals surface area contributed by atoms with Crippen LogP contribution >= 0.6 is 48.8 Å². The number of thioether (sulfide) groups is 2. The number of hydrogen-bond acceptors (Lipinski definition) is 25. The topological polar surface area (TPSA) is 308 Å². The molecule has 0 spiro atoms. The second-order valence-corrected chi connectivity index (χ2v) is 18.8. The largest absolute Gasteiger partial charge is 0.394 e. The van der Waals surface area contributed by atoms with Gasteiger partial charge in [-0.1, -0.05) is 32.1 Å². The van der Waals surface area contributed by atoms with Gasteiger partial charge in [0.15, 0.2) is 18.7 Å². The Morgan fingerprint density at radius 2 is 1.11 bits per heavy atom. The van der Waals surface area contributed by atoms with Crippen molar-refractivity contribution in [2.24, 2.45) is 5.92 Å². The summed E-state index contributed by atoms with van der Waals surface area (Å²) in [5, 5.41) is 104. The standard InChI is InChI=1S/C20H39NO6S2.C18H35NO11S2.CO2/c1-25-21(9-5-12-29-13-11-28)20-18(24)19(17(23)16(14-22)27-20)26-10-8-15-6-3-2-4-7-15;1-27-19(3-2-5-32-6-4-31)17-14(25)13(24)16(10(8-21)28-17)30-18-15(26)12(23)11(22)9(7-20)29-18;2-1-3/h15-20,22-24,28H,2-14H2,1H3;9-18,20-26,31H,2-8H2,1H3;/t16?,17-,18?,19-,20+;9?,10?,11-,12-,13+,14?,15?,16+,17+,18-;/m00./s1. The van der Waals surface area contributed by atoms with Crippen LogP contribution in [-0.4, -0.2) is 248 Å². The molecule has 3 saturated heterocycles. The maximum absolute atomic E-state index is 10.9. The molecule has 1 aliphatic carbocycles. The molecule has 15 atom stereocenters. The molecule has 0 aromatic carbocycles. The number of rotatable bonds is 25. The molecule has 3 aliphatic heterocycles. The molecule has 4 fully saturated rings. The Bertz CT molecular complexity index is 1220. The molecule has 1 saturated carbocycles. The van der Waals surface area contributed by atoms with Crippen LogP contribution in [0.15, 0.2) is 0 Å². The summed E-state index contributed by atoms with van der Waals surface area (Å²) in [5.41, 5.74) is 0. The number of ether oxygens (including phenoxy) is 5. The van der Waals surface area contributed by atoms with Crippen LogP contribution in [0.5, 0.6) is 0 Å². The number of hydrogen-bond donors (Lipinski definition) is 12. The van der Waals surface area contributed by atoms with Crippen molar-refractivity contribution in [1.82, 2.24) is 10.1 Å². The summed E-state index contributed by atoms with van der Waals surface area (Å²) >= 11 is 11.9. The van der Waals surface area contributed by atoms with E-state index >= 15 is 0 Å². The summed E-state index contributed by atoms with van der Waals surface area (Å²) in [7, 11) is 2.93. The van der Waals surface area contributed by atoms with Crippen molar-refractivity contribution in [3.05, 3.63) is 0 Å². The molecule has 0 aromatic rings. The molecule has 378 valence electrons. The quantitative estimate of drug-likeness (QED) is 0.0259. The van der Waals surface area contributed by atoms with E-state index in [1.165, 1.54) is 51.4 Å². The third kappa shape index (κ3) is 19.1. The minimum Gasteiger partial charge on any atom is -0.394 e. The van der Waals surface area contributed by atoms with Crippen molar-refractivity contribution in [3.63, 3.8) is 0 Å². The van der Waals surface area contributed by atoms with Gasteiger partial charge in [0.05, 0.1) is 34.0 Å². The van der Waals surface area contributed by atoms with Crippen molar-refractivity contribution < 1.29 is 94.0 Å². The molecule has 4 rings (SSSR count). The van der Waals surface area contributed by atoms with Gasteiger partial charge in [0, 0.05) is 31.2 Å². The number of nitrogens with zero attached hydrogens (tertiary/aromatic N) is 2. The highest BCUT2D eigenvalue weighted by Gasteiger charge is 2.52. The van der Waals surface area contributed by atoms with E-state index < -0.39 is 105 Å². The van der Waals surface area contributed by atoms with Gasteiger partial charge in [0.25, 0.3) is 0 Å². The van der Waals surface area contributed by atoms with Crippen LogP contribution in [0.2, 0.25) is 0 Å². The Morgan fingerprint density at radius 3 is 1.61 bits per heavy atom. The lowest BCUT2D eigenvalue weighted by Crippen LogP contribution is -2.66. The highest BCUT2D eigenvalue weighted by Crippen LogP contribution is 2.32. The van der Waals surface area contributed by atoms with Crippen molar-refractivity contribution in [2.45, 2.75) is 143 Å². The highest BCUT2D eigenvalue weighted by molar-refractivity contribution is 8.00. The predicted octanol–water partition coefficient (Wildman–Crippen LogP) is -2.36. The third-order valence-corrected chi connectivity index (χ3v) is 14.4. The Hall–Kier alpha value is 0.0200. The molecule has 0 aromatic heterocycles. The number of hydroxylamine groups is 4. The normalized spacial score (nSPS) is 34.7. The first-order valence-electron chi connectivity index (χ1n) is 21.6. The summed E-state index contributed by atoms with van der Waals surface area (Å²) in [6, 6.07) is 0. The minimum absolute atomic E-state index is 0.250. The Balaban J connectivity index is 0.000000416. The first-order chi connectivity index (χ1) is 30.8. The first kappa shape index (κ1) is 60.1. The predicted molar refractivity (Wildman–Crippen MR) is 239 cm³/mol. The molecule has 3 heterocycles. The number of aliphatic hydroxyl groups excluding tert-OH is 10.